The van der Waals surface area contributed by atoms with Gasteiger partial charge in [0, 0.05) is 17.8 Å². The summed E-state index contributed by atoms with van der Waals surface area (Å²) in [5.41, 5.74) is -1.12. The van der Waals surface area contributed by atoms with E-state index in [0.717, 1.165) is 10.8 Å². The van der Waals surface area contributed by atoms with Crippen LogP contribution in [0.4, 0.5) is 0 Å². The third-order valence-electron chi connectivity index (χ3n) is 2.82. The molecule has 19 heavy (non-hydrogen) atoms. The molecular weight excluding hydrogens is 266 g/mol. The maximum Gasteiger partial charge on any atom is 0.329 e. The minimum atomic E-state index is -0.571. The van der Waals surface area contributed by atoms with Gasteiger partial charge in [0.15, 0.2) is 5.78 Å². The molecule has 0 aliphatic carbocycles. The molecule has 2 rings (SSSR count). The maximum absolute atomic E-state index is 12.2. The number of ketones is 1. The van der Waals surface area contributed by atoms with Gasteiger partial charge in [0.05, 0.1) is 11.6 Å². The number of thiazole rings is 1. The molecule has 2 heterocycles. The van der Waals surface area contributed by atoms with E-state index in [1.807, 2.05) is 6.92 Å². The van der Waals surface area contributed by atoms with Gasteiger partial charge in [0.2, 0.25) is 0 Å². The minimum absolute atomic E-state index is 0.0189. The minimum Gasteiger partial charge on any atom is -0.313 e. The van der Waals surface area contributed by atoms with Gasteiger partial charge in [0.25, 0.3) is 5.56 Å². The zero-order valence-electron chi connectivity index (χ0n) is 10.5. The average Bonchev–Trinajstić information content (AvgIpc) is 2.87. The lowest BCUT2D eigenvalue weighted by atomic mass is 10.2. The number of aromatic amines is 1. The fraction of sp³-hybridized carbons (Fsp3) is 0.333. The first-order valence-corrected chi connectivity index (χ1v) is 6.68. The number of rotatable bonds is 4. The highest BCUT2D eigenvalue weighted by molar-refractivity contribution is 7.09. The van der Waals surface area contributed by atoms with Crippen molar-refractivity contribution in [1.29, 1.82) is 0 Å². The van der Waals surface area contributed by atoms with Crippen molar-refractivity contribution in [2.24, 2.45) is 0 Å². The zero-order chi connectivity index (χ0) is 14.0. The van der Waals surface area contributed by atoms with Crippen molar-refractivity contribution in [3.05, 3.63) is 49.2 Å². The van der Waals surface area contributed by atoms with Crippen molar-refractivity contribution in [3.8, 4) is 0 Å². The van der Waals surface area contributed by atoms with Crippen molar-refractivity contribution in [3.63, 3.8) is 0 Å². The van der Waals surface area contributed by atoms with E-state index in [4.69, 9.17) is 0 Å². The molecular formula is C12H13N3O3S. The number of nitrogens with zero attached hydrogens (tertiary/aromatic N) is 2. The lowest BCUT2D eigenvalue weighted by molar-refractivity contribution is 0.101. The van der Waals surface area contributed by atoms with E-state index in [1.165, 1.54) is 18.3 Å². The van der Waals surface area contributed by atoms with E-state index in [1.54, 1.807) is 11.6 Å². The molecule has 0 aliphatic heterocycles. The van der Waals surface area contributed by atoms with Gasteiger partial charge in [-0.1, -0.05) is 6.92 Å². The summed E-state index contributed by atoms with van der Waals surface area (Å²) in [5, 5.41) is 2.46. The van der Waals surface area contributed by atoms with Gasteiger partial charge < -0.3 is 4.98 Å². The Morgan fingerprint density at radius 2 is 2.26 bits per heavy atom. The highest BCUT2D eigenvalue weighted by Gasteiger charge is 2.21. The Morgan fingerprint density at radius 1 is 1.53 bits per heavy atom. The van der Waals surface area contributed by atoms with E-state index in [0.29, 0.717) is 11.4 Å². The normalized spacial score (nSPS) is 12.3. The van der Waals surface area contributed by atoms with E-state index in [9.17, 15) is 14.4 Å². The van der Waals surface area contributed by atoms with Crippen LogP contribution in [0.15, 0.2) is 27.4 Å². The average molecular weight is 279 g/mol. The predicted molar refractivity (Wildman–Crippen MR) is 71.9 cm³/mol. The molecule has 6 nitrogen and oxygen atoms in total. The van der Waals surface area contributed by atoms with Crippen LogP contribution in [0.1, 0.15) is 41.7 Å². The van der Waals surface area contributed by atoms with Gasteiger partial charge in [-0.3, -0.25) is 9.59 Å². The topological polar surface area (TPSA) is 84.8 Å². The lowest BCUT2D eigenvalue weighted by Gasteiger charge is -2.14. The second-order valence-corrected chi connectivity index (χ2v) is 4.96. The first-order chi connectivity index (χ1) is 9.06. The van der Waals surface area contributed by atoms with Crippen molar-refractivity contribution >= 4 is 17.1 Å². The first-order valence-electron chi connectivity index (χ1n) is 5.80. The Kier molecular flexibility index (Phi) is 3.75. The van der Waals surface area contributed by atoms with Gasteiger partial charge in [0.1, 0.15) is 5.01 Å². The van der Waals surface area contributed by atoms with Crippen LogP contribution in [-0.2, 0) is 0 Å². The summed E-state index contributed by atoms with van der Waals surface area (Å²) >= 11 is 1.37. The molecule has 2 aromatic rings. The van der Waals surface area contributed by atoms with Crippen molar-refractivity contribution in [2.75, 3.05) is 0 Å². The molecule has 0 aromatic carbocycles. The molecule has 0 radical (unpaired) electrons. The smallest absolute Gasteiger partial charge is 0.313 e. The van der Waals surface area contributed by atoms with Crippen LogP contribution in [0.2, 0.25) is 0 Å². The summed E-state index contributed by atoms with van der Waals surface area (Å²) in [6, 6.07) is -0.449. The van der Waals surface area contributed by atoms with Crippen molar-refractivity contribution < 1.29 is 4.79 Å². The van der Waals surface area contributed by atoms with E-state index < -0.39 is 17.3 Å². The largest absolute Gasteiger partial charge is 0.329 e. The molecule has 2 aromatic heterocycles. The molecule has 100 valence electrons. The Labute approximate surface area is 112 Å². The quantitative estimate of drug-likeness (QED) is 0.852. The molecule has 0 bridgehead atoms. The SMILES string of the molecule is CCC(c1nccs1)n1c(=O)[nH]cc(C(C)=O)c1=O. The van der Waals surface area contributed by atoms with E-state index in [2.05, 4.69) is 9.97 Å². The Hall–Kier alpha value is -2.02. The number of H-pyrrole nitrogens is 1. The molecule has 1 atom stereocenters. The van der Waals surface area contributed by atoms with Gasteiger partial charge >= 0.3 is 5.69 Å². The van der Waals surface area contributed by atoms with Gasteiger partial charge in [-0.2, -0.15) is 0 Å². The van der Waals surface area contributed by atoms with Crippen LogP contribution in [0, 0.1) is 0 Å². The summed E-state index contributed by atoms with van der Waals surface area (Å²) in [4.78, 5) is 42.1. The number of aromatic nitrogens is 3. The van der Waals surface area contributed by atoms with Crippen molar-refractivity contribution in [1.82, 2.24) is 14.5 Å². The lowest BCUT2D eigenvalue weighted by Crippen LogP contribution is -2.40. The first kappa shape index (κ1) is 13.4. The summed E-state index contributed by atoms with van der Waals surface area (Å²) in [5.74, 6) is -0.371. The monoisotopic (exact) mass is 279 g/mol. The molecule has 7 heteroatoms. The number of carbonyl (C=O) groups is 1. The number of Topliss-reactive ketones (excluding diaryl/α,β-unsaturated/α-hetero) is 1. The standard InChI is InChI=1S/C12H13N3O3S/c1-3-9(10-13-4-5-19-10)15-11(17)8(7(2)16)6-14-12(15)18/h4-6,9H,3H2,1-2H3,(H,14,18). The molecule has 1 unspecified atom stereocenters. The van der Waals surface area contributed by atoms with Gasteiger partial charge in [-0.05, 0) is 13.3 Å². The van der Waals surface area contributed by atoms with Gasteiger partial charge in [-0.15, -0.1) is 11.3 Å². The fourth-order valence-corrected chi connectivity index (χ4v) is 2.70. The fourth-order valence-electron chi connectivity index (χ4n) is 1.89. The highest BCUT2D eigenvalue weighted by Crippen LogP contribution is 2.20. The summed E-state index contributed by atoms with van der Waals surface area (Å²) < 4.78 is 1.07. The Balaban J connectivity index is 2.67. The molecule has 0 saturated carbocycles. The zero-order valence-corrected chi connectivity index (χ0v) is 11.4. The second-order valence-electron chi connectivity index (χ2n) is 4.03. The number of carbonyl (C=O) groups excluding carboxylic acids is 1. The van der Waals surface area contributed by atoms with Crippen LogP contribution in [0.25, 0.3) is 0 Å². The van der Waals surface area contributed by atoms with Crippen LogP contribution in [0.3, 0.4) is 0 Å². The summed E-state index contributed by atoms with van der Waals surface area (Å²) in [7, 11) is 0. The Bertz CT molecular complexity index is 700. The van der Waals surface area contributed by atoms with E-state index >= 15 is 0 Å². The van der Waals surface area contributed by atoms with Crippen LogP contribution < -0.4 is 11.2 Å². The summed E-state index contributed by atoms with van der Waals surface area (Å²) in [6.07, 6.45) is 3.33. The molecule has 0 saturated heterocycles. The predicted octanol–water partition coefficient (Wildman–Crippen LogP) is 1.20. The van der Waals surface area contributed by atoms with Gasteiger partial charge in [-0.25, -0.2) is 14.3 Å². The number of hydrogen-bond acceptors (Lipinski definition) is 5. The second kappa shape index (κ2) is 5.31. The molecule has 0 fully saturated rings. The third kappa shape index (κ3) is 2.41. The molecule has 0 spiro atoms. The molecule has 0 amide bonds. The van der Waals surface area contributed by atoms with Crippen LogP contribution in [-0.4, -0.2) is 20.3 Å². The summed E-state index contributed by atoms with van der Waals surface area (Å²) in [6.45, 7) is 3.15. The number of hydrogen-bond donors (Lipinski definition) is 1. The number of nitrogens with one attached hydrogen (secondary N) is 1. The molecule has 1 N–H and O–H groups in total. The third-order valence-corrected chi connectivity index (χ3v) is 3.70. The van der Waals surface area contributed by atoms with Crippen LogP contribution in [0.5, 0.6) is 0 Å². The maximum atomic E-state index is 12.2. The van der Waals surface area contributed by atoms with Crippen molar-refractivity contribution in [2.45, 2.75) is 26.3 Å². The molecule has 0 aliphatic rings. The van der Waals surface area contributed by atoms with E-state index in [-0.39, 0.29) is 11.3 Å². The Morgan fingerprint density at radius 3 is 2.79 bits per heavy atom. The highest BCUT2D eigenvalue weighted by atomic mass is 32.1. The van der Waals surface area contributed by atoms with Crippen LogP contribution >= 0.6 is 11.3 Å².